The number of phenolic OH excluding ortho intramolecular Hbond substituents is 2. The highest BCUT2D eigenvalue weighted by Gasteiger charge is 2.33. The minimum absolute atomic E-state index is 0.0902. The van der Waals surface area contributed by atoms with E-state index in [9.17, 15) is 15.0 Å². The van der Waals surface area contributed by atoms with Crippen molar-refractivity contribution in [1.82, 2.24) is 5.32 Å². The van der Waals surface area contributed by atoms with Crippen LogP contribution in [-0.2, 0) is 4.79 Å². The molecule has 2 rings (SSSR count). The van der Waals surface area contributed by atoms with Crippen LogP contribution in [0.5, 0.6) is 11.5 Å². The fourth-order valence-electron chi connectivity index (χ4n) is 1.66. The van der Waals surface area contributed by atoms with Gasteiger partial charge in [0.2, 0.25) is 5.91 Å². The van der Waals surface area contributed by atoms with Crippen molar-refractivity contribution in [1.29, 1.82) is 5.26 Å². The van der Waals surface area contributed by atoms with Gasteiger partial charge in [0.25, 0.3) is 0 Å². The van der Waals surface area contributed by atoms with Gasteiger partial charge >= 0.3 is 0 Å². The van der Waals surface area contributed by atoms with Gasteiger partial charge < -0.3 is 15.5 Å². The van der Waals surface area contributed by atoms with Gasteiger partial charge in [0, 0.05) is 0 Å². The largest absolute Gasteiger partial charge is 0.504 e. The molecule has 0 bridgehead atoms. The van der Waals surface area contributed by atoms with Gasteiger partial charge in [-0.25, -0.2) is 0 Å². The van der Waals surface area contributed by atoms with Gasteiger partial charge in [0.15, 0.2) is 11.5 Å². The van der Waals surface area contributed by atoms with E-state index in [-0.39, 0.29) is 11.5 Å². The van der Waals surface area contributed by atoms with Crippen LogP contribution < -0.4 is 5.32 Å². The molecular formula is C11H8N2O3S2. The van der Waals surface area contributed by atoms with E-state index in [0.717, 1.165) is 0 Å². The predicted molar refractivity (Wildman–Crippen MR) is 72.7 cm³/mol. The number of nitrogens with one attached hydrogen (secondary N) is 1. The van der Waals surface area contributed by atoms with E-state index in [1.165, 1.54) is 12.1 Å². The average molecular weight is 280 g/mol. The molecule has 0 aromatic heterocycles. The van der Waals surface area contributed by atoms with Crippen LogP contribution in [0.1, 0.15) is 16.4 Å². The second kappa shape index (κ2) is 4.40. The Bertz CT molecular complexity index is 634. The number of hydrogen-bond donors (Lipinski definition) is 3. The van der Waals surface area contributed by atoms with Gasteiger partial charge in [-0.15, -0.1) is 10.5 Å². The molecule has 2 unspecified atom stereocenters. The van der Waals surface area contributed by atoms with Crippen molar-refractivity contribution >= 4 is 38.8 Å². The summed E-state index contributed by atoms with van der Waals surface area (Å²) in [6.07, 6.45) is 0. The monoisotopic (exact) mass is 280 g/mol. The Balaban J connectivity index is 2.57. The Hall–Kier alpha value is -1.91. The molecule has 0 spiro atoms. The number of amides is 1. The maximum absolute atomic E-state index is 11.7. The molecule has 18 heavy (non-hydrogen) atoms. The normalized spacial score (nSPS) is 22.6. The van der Waals surface area contributed by atoms with Gasteiger partial charge in [-0.2, -0.15) is 5.26 Å². The summed E-state index contributed by atoms with van der Waals surface area (Å²) in [5.74, 6) is 2.57. The number of carbonyl (C=O) groups is 1. The quantitative estimate of drug-likeness (QED) is 0.529. The van der Waals surface area contributed by atoms with E-state index < -0.39 is 27.2 Å². The molecule has 92 valence electrons. The van der Waals surface area contributed by atoms with Crippen molar-refractivity contribution in [2.45, 2.75) is 5.25 Å². The van der Waals surface area contributed by atoms with E-state index in [1.54, 1.807) is 6.07 Å². The molecule has 0 aliphatic carbocycles. The van der Waals surface area contributed by atoms with E-state index in [2.05, 4.69) is 11.2 Å². The Morgan fingerprint density at radius 2 is 2.17 bits per heavy atom. The lowest BCUT2D eigenvalue weighted by atomic mass is 10.1. The smallest absolute Gasteiger partial charge is 0.242 e. The van der Waals surface area contributed by atoms with Crippen LogP contribution in [0.3, 0.4) is 0 Å². The average Bonchev–Trinajstić information content (AvgIpc) is 2.57. The first-order chi connectivity index (χ1) is 8.45. The zero-order valence-electron chi connectivity index (χ0n) is 9.01. The summed E-state index contributed by atoms with van der Waals surface area (Å²) < 4.78 is 0.357. The van der Waals surface area contributed by atoms with E-state index in [0.29, 0.717) is 9.88 Å². The first kappa shape index (κ1) is 12.5. The topological polar surface area (TPSA) is 93.3 Å². The van der Waals surface area contributed by atoms with Gasteiger partial charge in [-0.05, 0) is 17.7 Å². The Morgan fingerprint density at radius 1 is 1.50 bits per heavy atom. The first-order valence-electron chi connectivity index (χ1n) is 4.79. The number of rotatable bonds is 1. The summed E-state index contributed by atoms with van der Waals surface area (Å²) in [5, 5.41) is 29.7. The lowest BCUT2D eigenvalue weighted by molar-refractivity contribution is -0.118. The molecule has 1 aliphatic heterocycles. The number of aromatic hydroxyl groups is 2. The zero-order chi connectivity index (χ0) is 13.4. The van der Waals surface area contributed by atoms with Crippen LogP contribution in [-0.4, -0.2) is 26.3 Å². The summed E-state index contributed by atoms with van der Waals surface area (Å²) in [4.78, 5) is 11.7. The lowest BCUT2D eigenvalue weighted by Gasteiger charge is -2.11. The van der Waals surface area contributed by atoms with Crippen LogP contribution in [0.25, 0.3) is 0 Å². The zero-order valence-corrected chi connectivity index (χ0v) is 10.6. The van der Waals surface area contributed by atoms with Crippen molar-refractivity contribution in [2.75, 3.05) is 0 Å². The minimum atomic E-state index is -0.743. The second-order valence-corrected chi connectivity index (χ2v) is 6.04. The molecule has 1 aliphatic rings. The maximum atomic E-state index is 11.7. The third-order valence-corrected chi connectivity index (χ3v) is 4.90. The summed E-state index contributed by atoms with van der Waals surface area (Å²) in [6, 6.07) is 4.36. The summed E-state index contributed by atoms with van der Waals surface area (Å²) in [6.45, 7) is 0. The van der Waals surface area contributed by atoms with E-state index in [4.69, 9.17) is 17.5 Å². The molecule has 1 fully saturated rings. The maximum Gasteiger partial charge on any atom is 0.242 e. The number of thiocarbonyl (C=S) groups is 1. The standard InChI is InChI=1S/C11H8N2O3S2/c1-18-9(10(16)13-11(18)17)5-2-6(4-12)8(15)7(14)3-5/h2-3,9,14-15H,1H2,(H,13,16,17). The Kier molecular flexibility index (Phi) is 3.07. The highest BCUT2D eigenvalue weighted by atomic mass is 32.2. The summed E-state index contributed by atoms with van der Waals surface area (Å²) >= 11 is 4.96. The van der Waals surface area contributed by atoms with E-state index in [1.807, 2.05) is 0 Å². The van der Waals surface area contributed by atoms with Crippen LogP contribution in [0.2, 0.25) is 0 Å². The van der Waals surface area contributed by atoms with Gasteiger partial charge in [-0.3, -0.25) is 4.79 Å². The number of phenols is 2. The molecule has 7 heteroatoms. The summed E-state index contributed by atoms with van der Waals surface area (Å²) in [7, 11) is -0.743. The fourth-order valence-corrected chi connectivity index (χ4v) is 3.28. The van der Waals surface area contributed by atoms with Gasteiger partial charge in [0.05, 0.1) is 5.56 Å². The highest BCUT2D eigenvalue weighted by molar-refractivity contribution is 8.34. The third kappa shape index (κ3) is 1.85. The first-order valence-corrected chi connectivity index (χ1v) is 6.65. The number of nitriles is 1. The summed E-state index contributed by atoms with van der Waals surface area (Å²) in [5.41, 5.74) is 0.324. The number of benzene rings is 1. The van der Waals surface area contributed by atoms with Crippen molar-refractivity contribution in [3.8, 4) is 17.6 Å². The van der Waals surface area contributed by atoms with Crippen molar-refractivity contribution in [3.05, 3.63) is 23.3 Å². The van der Waals surface area contributed by atoms with Crippen LogP contribution in [0, 0.1) is 11.3 Å². The Labute approximate surface area is 111 Å². The second-order valence-electron chi connectivity index (χ2n) is 3.63. The van der Waals surface area contributed by atoms with Crippen molar-refractivity contribution in [2.24, 2.45) is 0 Å². The molecule has 1 aromatic rings. The van der Waals surface area contributed by atoms with Gasteiger partial charge in [0.1, 0.15) is 15.6 Å². The number of hydrogen-bond acceptors (Lipinski definition) is 5. The lowest BCUT2D eigenvalue weighted by Crippen LogP contribution is -2.20. The molecular weight excluding hydrogens is 272 g/mol. The molecule has 3 N–H and O–H groups in total. The predicted octanol–water partition coefficient (Wildman–Crippen LogP) is 1.13. The minimum Gasteiger partial charge on any atom is -0.504 e. The molecule has 5 nitrogen and oxygen atoms in total. The SMILES string of the molecule is C=S1C(=S)NC(=O)C1c1cc(O)c(O)c(C#N)c1. The highest BCUT2D eigenvalue weighted by Crippen LogP contribution is 2.42. The molecule has 1 saturated heterocycles. The molecule has 2 atom stereocenters. The molecule has 0 radical (unpaired) electrons. The van der Waals surface area contributed by atoms with Crippen molar-refractivity contribution in [3.63, 3.8) is 0 Å². The molecule has 1 amide bonds. The van der Waals surface area contributed by atoms with Crippen LogP contribution in [0.4, 0.5) is 0 Å². The molecule has 0 saturated carbocycles. The van der Waals surface area contributed by atoms with Crippen molar-refractivity contribution < 1.29 is 15.0 Å². The fraction of sp³-hybridized carbons (Fsp3) is 0.0909. The van der Waals surface area contributed by atoms with E-state index >= 15 is 0 Å². The Morgan fingerprint density at radius 3 is 2.67 bits per heavy atom. The number of nitrogens with zero attached hydrogens (tertiary/aromatic N) is 1. The van der Waals surface area contributed by atoms with Crippen LogP contribution in [0.15, 0.2) is 12.1 Å². The molecule has 1 aromatic carbocycles. The number of carbonyl (C=O) groups excluding carboxylic acids is 1. The third-order valence-electron chi connectivity index (χ3n) is 2.52. The van der Waals surface area contributed by atoms with Gasteiger partial charge in [-0.1, -0.05) is 18.1 Å². The van der Waals surface area contributed by atoms with Crippen LogP contribution >= 0.6 is 22.7 Å². The molecule has 1 heterocycles.